The van der Waals surface area contributed by atoms with Gasteiger partial charge in [-0.25, -0.2) is 4.98 Å². The SMILES string of the molecule is CCC(NC(=O)/C=C/c1ccc(N)cc1)c1nccs1. The van der Waals surface area contributed by atoms with Gasteiger partial charge < -0.3 is 11.1 Å². The number of anilines is 1. The molecule has 0 spiro atoms. The number of carbonyl (C=O) groups is 1. The van der Waals surface area contributed by atoms with Crippen LogP contribution in [0.4, 0.5) is 5.69 Å². The minimum absolute atomic E-state index is 0.0291. The summed E-state index contributed by atoms with van der Waals surface area (Å²) < 4.78 is 0. The number of thiazole rings is 1. The highest BCUT2D eigenvalue weighted by molar-refractivity contribution is 7.09. The van der Waals surface area contributed by atoms with Gasteiger partial charge in [0.2, 0.25) is 5.91 Å². The first-order chi connectivity index (χ1) is 9.69. The molecule has 1 aromatic heterocycles. The van der Waals surface area contributed by atoms with Crippen LogP contribution in [0, 0.1) is 0 Å². The minimum atomic E-state index is -0.121. The van der Waals surface area contributed by atoms with Crippen molar-refractivity contribution in [3.8, 4) is 0 Å². The first-order valence-corrected chi connectivity index (χ1v) is 7.30. The lowest BCUT2D eigenvalue weighted by atomic mass is 10.2. The maximum Gasteiger partial charge on any atom is 0.244 e. The molecule has 0 aliphatic heterocycles. The maximum atomic E-state index is 11.9. The second-order valence-electron chi connectivity index (χ2n) is 4.34. The molecule has 104 valence electrons. The van der Waals surface area contributed by atoms with E-state index in [2.05, 4.69) is 10.3 Å². The molecule has 1 aromatic carbocycles. The third-order valence-electron chi connectivity index (χ3n) is 2.84. The third kappa shape index (κ3) is 3.93. The number of hydrogen-bond acceptors (Lipinski definition) is 4. The molecule has 20 heavy (non-hydrogen) atoms. The molecule has 1 heterocycles. The normalized spacial score (nSPS) is 12.4. The average molecular weight is 287 g/mol. The molecule has 4 nitrogen and oxygen atoms in total. The number of rotatable bonds is 5. The standard InChI is InChI=1S/C15H17N3OS/c1-2-13(15-17-9-10-20-15)18-14(19)8-5-11-3-6-12(16)7-4-11/h3-10,13H,2,16H2,1H3,(H,18,19)/b8-5+. The first-order valence-electron chi connectivity index (χ1n) is 6.42. The highest BCUT2D eigenvalue weighted by Gasteiger charge is 2.13. The number of nitrogens with two attached hydrogens (primary N) is 1. The van der Waals surface area contributed by atoms with Crippen molar-refractivity contribution in [1.82, 2.24) is 10.3 Å². The van der Waals surface area contributed by atoms with Crippen molar-refractivity contribution in [2.45, 2.75) is 19.4 Å². The number of nitrogens with one attached hydrogen (secondary N) is 1. The van der Waals surface area contributed by atoms with Gasteiger partial charge in [-0.1, -0.05) is 19.1 Å². The van der Waals surface area contributed by atoms with Gasteiger partial charge in [0.25, 0.3) is 0 Å². The van der Waals surface area contributed by atoms with Gasteiger partial charge in [0.05, 0.1) is 6.04 Å². The van der Waals surface area contributed by atoms with Gasteiger partial charge in [0.15, 0.2) is 0 Å². The molecule has 1 unspecified atom stereocenters. The van der Waals surface area contributed by atoms with Crippen LogP contribution in [0.3, 0.4) is 0 Å². The van der Waals surface area contributed by atoms with Crippen LogP contribution in [0.25, 0.3) is 6.08 Å². The summed E-state index contributed by atoms with van der Waals surface area (Å²) in [5.41, 5.74) is 7.26. The molecule has 5 heteroatoms. The van der Waals surface area contributed by atoms with Crippen LogP contribution in [0.5, 0.6) is 0 Å². The summed E-state index contributed by atoms with van der Waals surface area (Å²) in [7, 11) is 0. The maximum absolute atomic E-state index is 11.9. The van der Waals surface area contributed by atoms with Gasteiger partial charge in [-0.05, 0) is 30.2 Å². The fourth-order valence-electron chi connectivity index (χ4n) is 1.74. The van der Waals surface area contributed by atoms with Gasteiger partial charge in [0.1, 0.15) is 5.01 Å². The third-order valence-corrected chi connectivity index (χ3v) is 3.73. The second kappa shape index (κ2) is 6.86. The van der Waals surface area contributed by atoms with E-state index in [4.69, 9.17) is 5.73 Å². The lowest BCUT2D eigenvalue weighted by molar-refractivity contribution is -0.117. The summed E-state index contributed by atoms with van der Waals surface area (Å²) in [6.07, 6.45) is 5.86. The largest absolute Gasteiger partial charge is 0.399 e. The Morgan fingerprint density at radius 2 is 2.20 bits per heavy atom. The highest BCUT2D eigenvalue weighted by Crippen LogP contribution is 2.18. The lowest BCUT2D eigenvalue weighted by Gasteiger charge is -2.12. The molecule has 1 atom stereocenters. The van der Waals surface area contributed by atoms with E-state index in [1.54, 1.807) is 23.6 Å². The van der Waals surface area contributed by atoms with Crippen LogP contribution >= 0.6 is 11.3 Å². The molecule has 0 aliphatic carbocycles. The number of carbonyl (C=O) groups excluding carboxylic acids is 1. The molecule has 2 aromatic rings. The van der Waals surface area contributed by atoms with Crippen LogP contribution in [-0.4, -0.2) is 10.9 Å². The summed E-state index contributed by atoms with van der Waals surface area (Å²) in [6.45, 7) is 2.02. The highest BCUT2D eigenvalue weighted by atomic mass is 32.1. The molecular weight excluding hydrogens is 270 g/mol. The van der Waals surface area contributed by atoms with E-state index in [1.165, 1.54) is 6.08 Å². The van der Waals surface area contributed by atoms with Gasteiger partial charge in [-0.15, -0.1) is 11.3 Å². The van der Waals surface area contributed by atoms with Crippen LogP contribution in [0.15, 0.2) is 41.9 Å². The van der Waals surface area contributed by atoms with Crippen molar-refractivity contribution >= 4 is 29.0 Å². The van der Waals surface area contributed by atoms with Crippen molar-refractivity contribution < 1.29 is 4.79 Å². The van der Waals surface area contributed by atoms with E-state index in [1.807, 2.05) is 36.6 Å². The number of aromatic nitrogens is 1. The van der Waals surface area contributed by atoms with Crippen molar-refractivity contribution in [3.05, 3.63) is 52.5 Å². The molecule has 0 saturated heterocycles. The Morgan fingerprint density at radius 3 is 2.80 bits per heavy atom. The zero-order chi connectivity index (χ0) is 14.4. The number of amides is 1. The predicted octanol–water partition coefficient (Wildman–Crippen LogP) is 3.01. The Labute approximate surface area is 122 Å². The molecule has 0 saturated carbocycles. The molecule has 2 rings (SSSR count). The molecule has 0 fully saturated rings. The van der Waals surface area contributed by atoms with Crippen LogP contribution in [-0.2, 0) is 4.79 Å². The zero-order valence-electron chi connectivity index (χ0n) is 11.2. The van der Waals surface area contributed by atoms with Crippen LogP contribution in [0.2, 0.25) is 0 Å². The molecule has 0 radical (unpaired) electrons. The average Bonchev–Trinajstić information content (AvgIpc) is 2.98. The van der Waals surface area contributed by atoms with Crippen molar-refractivity contribution in [2.75, 3.05) is 5.73 Å². The van der Waals surface area contributed by atoms with Crippen molar-refractivity contribution in [2.24, 2.45) is 0 Å². The van der Waals surface area contributed by atoms with Crippen molar-refractivity contribution in [3.63, 3.8) is 0 Å². The number of benzene rings is 1. The van der Waals surface area contributed by atoms with Gasteiger partial charge in [0, 0.05) is 23.3 Å². The Kier molecular flexibility index (Phi) is 4.90. The summed E-state index contributed by atoms with van der Waals surface area (Å²) >= 11 is 1.55. The summed E-state index contributed by atoms with van der Waals surface area (Å²) in [5, 5.41) is 5.79. The fraction of sp³-hybridized carbons (Fsp3) is 0.200. The zero-order valence-corrected chi connectivity index (χ0v) is 12.1. The van der Waals surface area contributed by atoms with Gasteiger partial charge in [-0.2, -0.15) is 0 Å². The minimum Gasteiger partial charge on any atom is -0.399 e. The molecule has 3 N–H and O–H groups in total. The van der Waals surface area contributed by atoms with E-state index < -0.39 is 0 Å². The number of hydrogen-bond donors (Lipinski definition) is 2. The number of nitrogen functional groups attached to an aromatic ring is 1. The van der Waals surface area contributed by atoms with E-state index in [9.17, 15) is 4.79 Å². The van der Waals surface area contributed by atoms with Crippen molar-refractivity contribution in [1.29, 1.82) is 0 Å². The summed E-state index contributed by atoms with van der Waals surface area (Å²) in [4.78, 5) is 16.1. The smallest absolute Gasteiger partial charge is 0.244 e. The van der Waals surface area contributed by atoms with E-state index in [-0.39, 0.29) is 11.9 Å². The first kappa shape index (κ1) is 14.3. The molecule has 0 aliphatic rings. The second-order valence-corrected chi connectivity index (χ2v) is 5.27. The monoisotopic (exact) mass is 287 g/mol. The lowest BCUT2D eigenvalue weighted by Crippen LogP contribution is -2.26. The predicted molar refractivity (Wildman–Crippen MR) is 83.2 cm³/mol. The number of nitrogens with zero attached hydrogens (tertiary/aromatic N) is 1. The quantitative estimate of drug-likeness (QED) is 0.656. The fourth-order valence-corrected chi connectivity index (χ4v) is 2.52. The van der Waals surface area contributed by atoms with E-state index in [0.717, 1.165) is 17.0 Å². The molecule has 1 amide bonds. The topological polar surface area (TPSA) is 68.0 Å². The molecular formula is C15H17N3OS. The Hall–Kier alpha value is -2.14. The van der Waals surface area contributed by atoms with Gasteiger partial charge >= 0.3 is 0 Å². The van der Waals surface area contributed by atoms with E-state index in [0.29, 0.717) is 5.69 Å². The molecule has 0 bridgehead atoms. The van der Waals surface area contributed by atoms with E-state index >= 15 is 0 Å². The van der Waals surface area contributed by atoms with Gasteiger partial charge in [-0.3, -0.25) is 4.79 Å². The summed E-state index contributed by atoms with van der Waals surface area (Å²) in [5.74, 6) is -0.121. The van der Waals surface area contributed by atoms with Crippen LogP contribution < -0.4 is 11.1 Å². The Bertz CT molecular complexity index is 576. The summed E-state index contributed by atoms with van der Waals surface area (Å²) in [6, 6.07) is 7.33. The van der Waals surface area contributed by atoms with Crippen LogP contribution in [0.1, 0.15) is 30.0 Å². The Morgan fingerprint density at radius 1 is 1.45 bits per heavy atom. The Balaban J connectivity index is 1.96.